The number of rotatable bonds is 6. The number of benzene rings is 1. The molecule has 2 N–H and O–H groups in total. The monoisotopic (exact) mass is 343 g/mol. The number of ether oxygens (including phenoxy) is 1. The van der Waals surface area contributed by atoms with Gasteiger partial charge in [0.05, 0.1) is 6.10 Å². The summed E-state index contributed by atoms with van der Waals surface area (Å²) in [5.41, 5.74) is 0.412. The number of aliphatic hydroxyl groups is 1. The SMILES string of the molecule is CCC(C)(C)NC(=O)COc1ccc(Br)cc1[C@@H](C)O. The molecule has 0 heterocycles. The first kappa shape index (κ1) is 17.0. The van der Waals surface area contributed by atoms with Gasteiger partial charge in [0.25, 0.3) is 5.91 Å². The standard InChI is InChI=1S/C15H22BrNO3/c1-5-15(3,4)17-14(19)9-20-13-7-6-11(16)8-12(13)10(2)18/h6-8,10,18H,5,9H2,1-4H3,(H,17,19)/t10-/m1/s1. The van der Waals surface area contributed by atoms with E-state index in [1.54, 1.807) is 19.1 Å². The minimum absolute atomic E-state index is 0.0647. The van der Waals surface area contributed by atoms with Crippen molar-refractivity contribution in [2.45, 2.75) is 45.8 Å². The van der Waals surface area contributed by atoms with Crippen LogP contribution in [0.15, 0.2) is 22.7 Å². The van der Waals surface area contributed by atoms with Crippen molar-refractivity contribution in [3.63, 3.8) is 0 Å². The van der Waals surface area contributed by atoms with Crippen molar-refractivity contribution in [1.29, 1.82) is 0 Å². The Balaban J connectivity index is 2.68. The second-order valence-electron chi connectivity index (χ2n) is 5.43. The Kier molecular flexibility index (Phi) is 6.02. The van der Waals surface area contributed by atoms with Crippen molar-refractivity contribution in [3.8, 4) is 5.75 Å². The minimum Gasteiger partial charge on any atom is -0.483 e. The molecule has 0 fully saturated rings. The number of amides is 1. The largest absolute Gasteiger partial charge is 0.483 e. The van der Waals surface area contributed by atoms with Gasteiger partial charge in [-0.2, -0.15) is 0 Å². The van der Waals surface area contributed by atoms with E-state index in [4.69, 9.17) is 4.74 Å². The molecule has 0 aromatic heterocycles. The van der Waals surface area contributed by atoms with Crippen LogP contribution < -0.4 is 10.1 Å². The van der Waals surface area contributed by atoms with Crippen LogP contribution >= 0.6 is 15.9 Å². The maximum Gasteiger partial charge on any atom is 0.258 e. The summed E-state index contributed by atoms with van der Waals surface area (Å²) in [6, 6.07) is 5.34. The van der Waals surface area contributed by atoms with Gasteiger partial charge in [-0.3, -0.25) is 4.79 Å². The highest BCUT2D eigenvalue weighted by molar-refractivity contribution is 9.10. The van der Waals surface area contributed by atoms with Gasteiger partial charge < -0.3 is 15.2 Å². The first-order valence-corrected chi connectivity index (χ1v) is 7.46. The van der Waals surface area contributed by atoms with Crippen LogP contribution in [0.25, 0.3) is 0 Å². The highest BCUT2D eigenvalue weighted by Crippen LogP contribution is 2.28. The van der Waals surface area contributed by atoms with Crippen molar-refractivity contribution in [1.82, 2.24) is 5.32 Å². The Labute approximate surface area is 128 Å². The summed E-state index contributed by atoms with van der Waals surface area (Å²) >= 11 is 3.35. The number of aliphatic hydroxyl groups excluding tert-OH is 1. The lowest BCUT2D eigenvalue weighted by Crippen LogP contribution is -2.44. The van der Waals surface area contributed by atoms with Crippen LogP contribution in [-0.2, 0) is 4.79 Å². The molecule has 0 saturated carbocycles. The van der Waals surface area contributed by atoms with Gasteiger partial charge in [-0.05, 0) is 45.4 Å². The van der Waals surface area contributed by atoms with E-state index in [1.165, 1.54) is 0 Å². The van der Waals surface area contributed by atoms with Crippen molar-refractivity contribution >= 4 is 21.8 Å². The van der Waals surface area contributed by atoms with Crippen LogP contribution in [0.2, 0.25) is 0 Å². The lowest BCUT2D eigenvalue weighted by molar-refractivity contribution is -0.124. The van der Waals surface area contributed by atoms with Gasteiger partial charge in [-0.15, -0.1) is 0 Å². The summed E-state index contributed by atoms with van der Waals surface area (Å²) in [5, 5.41) is 12.6. The highest BCUT2D eigenvalue weighted by atomic mass is 79.9. The molecule has 0 aliphatic heterocycles. The van der Waals surface area contributed by atoms with E-state index in [9.17, 15) is 9.90 Å². The predicted octanol–water partition coefficient (Wildman–Crippen LogP) is 3.19. The third-order valence-electron chi connectivity index (χ3n) is 3.14. The van der Waals surface area contributed by atoms with E-state index in [1.807, 2.05) is 26.8 Å². The zero-order valence-corrected chi connectivity index (χ0v) is 14.0. The molecule has 0 spiro atoms. The quantitative estimate of drug-likeness (QED) is 0.833. The first-order chi connectivity index (χ1) is 9.25. The lowest BCUT2D eigenvalue weighted by atomic mass is 10.0. The molecule has 5 heteroatoms. The van der Waals surface area contributed by atoms with Gasteiger partial charge in [-0.25, -0.2) is 0 Å². The van der Waals surface area contributed by atoms with E-state index < -0.39 is 6.10 Å². The van der Waals surface area contributed by atoms with Crippen molar-refractivity contribution in [2.24, 2.45) is 0 Å². The van der Waals surface area contributed by atoms with Crippen LogP contribution in [0.4, 0.5) is 0 Å². The predicted molar refractivity (Wildman–Crippen MR) is 82.8 cm³/mol. The molecule has 0 radical (unpaired) electrons. The molecule has 1 atom stereocenters. The number of carbonyl (C=O) groups excluding carboxylic acids is 1. The van der Waals surface area contributed by atoms with E-state index in [2.05, 4.69) is 21.2 Å². The van der Waals surface area contributed by atoms with Crippen LogP contribution in [-0.4, -0.2) is 23.2 Å². The maximum atomic E-state index is 11.8. The molecule has 1 amide bonds. The van der Waals surface area contributed by atoms with E-state index in [0.717, 1.165) is 10.9 Å². The maximum absolute atomic E-state index is 11.8. The Hall–Kier alpha value is -1.07. The Morgan fingerprint density at radius 3 is 2.70 bits per heavy atom. The molecule has 0 unspecified atom stereocenters. The molecule has 1 aromatic rings. The van der Waals surface area contributed by atoms with Crippen molar-refractivity contribution in [3.05, 3.63) is 28.2 Å². The van der Waals surface area contributed by atoms with Gasteiger partial charge >= 0.3 is 0 Å². The highest BCUT2D eigenvalue weighted by Gasteiger charge is 2.18. The zero-order valence-electron chi connectivity index (χ0n) is 12.4. The van der Waals surface area contributed by atoms with E-state index in [-0.39, 0.29) is 18.1 Å². The van der Waals surface area contributed by atoms with Crippen LogP contribution in [0.3, 0.4) is 0 Å². The van der Waals surface area contributed by atoms with Crippen molar-refractivity contribution in [2.75, 3.05) is 6.61 Å². The normalized spacial score (nSPS) is 12.9. The average Bonchev–Trinajstić information content (AvgIpc) is 2.36. The molecular formula is C15H22BrNO3. The van der Waals surface area contributed by atoms with Gasteiger partial charge in [0, 0.05) is 15.6 Å². The van der Waals surface area contributed by atoms with Gasteiger partial charge in [-0.1, -0.05) is 22.9 Å². The van der Waals surface area contributed by atoms with Gasteiger partial charge in [0.15, 0.2) is 6.61 Å². The third-order valence-corrected chi connectivity index (χ3v) is 3.64. The molecule has 1 rings (SSSR count). The molecule has 0 aliphatic carbocycles. The Bertz CT molecular complexity index is 472. The third kappa shape index (κ3) is 5.13. The van der Waals surface area contributed by atoms with E-state index >= 15 is 0 Å². The second-order valence-corrected chi connectivity index (χ2v) is 6.35. The van der Waals surface area contributed by atoms with Gasteiger partial charge in [0.1, 0.15) is 5.75 Å². The summed E-state index contributed by atoms with van der Waals surface area (Å²) in [6.07, 6.45) is 0.188. The van der Waals surface area contributed by atoms with Crippen LogP contribution in [0.1, 0.15) is 45.8 Å². The second kappa shape index (κ2) is 7.09. The topological polar surface area (TPSA) is 58.6 Å². The number of hydrogen-bond acceptors (Lipinski definition) is 3. The molecular weight excluding hydrogens is 322 g/mol. The summed E-state index contributed by atoms with van der Waals surface area (Å²) in [5.74, 6) is 0.351. The molecule has 0 aliphatic rings. The summed E-state index contributed by atoms with van der Waals surface area (Å²) < 4.78 is 6.37. The molecule has 112 valence electrons. The number of carbonyl (C=O) groups is 1. The van der Waals surface area contributed by atoms with Crippen molar-refractivity contribution < 1.29 is 14.6 Å². The fourth-order valence-electron chi connectivity index (χ4n) is 1.62. The number of hydrogen-bond donors (Lipinski definition) is 2. The molecule has 20 heavy (non-hydrogen) atoms. The molecule has 1 aromatic carbocycles. The lowest BCUT2D eigenvalue weighted by Gasteiger charge is -2.24. The fraction of sp³-hybridized carbons (Fsp3) is 0.533. The van der Waals surface area contributed by atoms with Crippen LogP contribution in [0, 0.1) is 0 Å². The first-order valence-electron chi connectivity index (χ1n) is 6.66. The van der Waals surface area contributed by atoms with Gasteiger partial charge in [0.2, 0.25) is 0 Å². The van der Waals surface area contributed by atoms with Crippen LogP contribution in [0.5, 0.6) is 5.75 Å². The summed E-state index contributed by atoms with van der Waals surface area (Å²) in [7, 11) is 0. The zero-order chi connectivity index (χ0) is 15.3. The molecule has 0 saturated heterocycles. The van der Waals surface area contributed by atoms with E-state index in [0.29, 0.717) is 11.3 Å². The smallest absolute Gasteiger partial charge is 0.258 e. The summed E-state index contributed by atoms with van der Waals surface area (Å²) in [4.78, 5) is 11.8. The molecule has 0 bridgehead atoms. The molecule has 4 nitrogen and oxygen atoms in total. The minimum atomic E-state index is -0.655. The number of halogens is 1. The Morgan fingerprint density at radius 1 is 1.50 bits per heavy atom. The Morgan fingerprint density at radius 2 is 2.15 bits per heavy atom. The fourth-order valence-corrected chi connectivity index (χ4v) is 2.00. The number of nitrogens with one attached hydrogen (secondary N) is 1. The summed E-state index contributed by atoms with van der Waals surface area (Å²) in [6.45, 7) is 7.54. The average molecular weight is 344 g/mol.